The first-order valence-electron chi connectivity index (χ1n) is 6.40. The van der Waals surface area contributed by atoms with Crippen molar-refractivity contribution < 1.29 is 26.5 Å². The molecule has 8 heteroatoms. The fraction of sp³-hybridized carbons (Fsp3) is 0.200. The maximum Gasteiger partial charge on any atom is 0.339 e. The quantitative estimate of drug-likeness (QED) is 0.763. The molecule has 0 atom stereocenters. The van der Waals surface area contributed by atoms with Gasteiger partial charge >= 0.3 is 10.1 Å². The van der Waals surface area contributed by atoms with E-state index in [0.29, 0.717) is 11.3 Å². The first-order valence-corrected chi connectivity index (χ1v) is 8.19. The summed E-state index contributed by atoms with van der Waals surface area (Å²) < 4.78 is 53.2. The lowest BCUT2D eigenvalue weighted by atomic mass is 10.2. The van der Waals surface area contributed by atoms with Gasteiger partial charge in [-0.1, -0.05) is 11.6 Å². The van der Waals surface area contributed by atoms with E-state index in [1.165, 1.54) is 26.4 Å². The molecule has 0 amide bonds. The fourth-order valence-corrected chi connectivity index (χ4v) is 3.36. The summed E-state index contributed by atoms with van der Waals surface area (Å²) in [5, 5.41) is -0.147. The highest BCUT2D eigenvalue weighted by molar-refractivity contribution is 7.87. The summed E-state index contributed by atoms with van der Waals surface area (Å²) in [5.74, 6) is -0.126. The number of aryl methyl sites for hydroxylation is 1. The Hall–Kier alpha value is -1.99. The third kappa shape index (κ3) is 3.68. The Bertz CT molecular complexity index is 836. The molecule has 0 N–H and O–H groups in total. The van der Waals surface area contributed by atoms with Crippen molar-refractivity contribution in [3.8, 4) is 17.2 Å². The molecule has 2 rings (SSSR count). The highest BCUT2D eigenvalue weighted by Gasteiger charge is 2.23. The topological polar surface area (TPSA) is 61.8 Å². The molecule has 0 heterocycles. The monoisotopic (exact) mass is 360 g/mol. The number of hydrogen-bond donors (Lipinski definition) is 0. The Labute approximate surface area is 138 Å². The van der Waals surface area contributed by atoms with Crippen LogP contribution in [0.4, 0.5) is 4.39 Å². The Kier molecular flexibility index (Phi) is 5.01. The standard InChI is InChI=1S/C15H14ClFO5S/c1-9-6-13(20-2)14(21-3)8-15(9)23(18,19)22-12-5-4-10(17)7-11(12)16/h4-8H,1-3H3. The van der Waals surface area contributed by atoms with Crippen molar-refractivity contribution in [2.24, 2.45) is 0 Å². The SMILES string of the molecule is COc1cc(C)c(S(=O)(=O)Oc2ccc(F)cc2Cl)cc1OC. The molecule has 2 aromatic carbocycles. The van der Waals surface area contributed by atoms with Gasteiger partial charge in [0.05, 0.1) is 19.2 Å². The third-order valence-electron chi connectivity index (χ3n) is 3.04. The van der Waals surface area contributed by atoms with Crippen LogP contribution in [0, 0.1) is 12.7 Å². The summed E-state index contributed by atoms with van der Waals surface area (Å²) in [4.78, 5) is -0.101. The lowest BCUT2D eigenvalue weighted by molar-refractivity contribution is 0.353. The zero-order valence-corrected chi connectivity index (χ0v) is 14.2. The zero-order chi connectivity index (χ0) is 17.2. The number of benzene rings is 2. The lowest BCUT2D eigenvalue weighted by Crippen LogP contribution is -2.12. The number of ether oxygens (including phenoxy) is 2. The van der Waals surface area contributed by atoms with Crippen molar-refractivity contribution in [2.45, 2.75) is 11.8 Å². The second-order valence-electron chi connectivity index (χ2n) is 4.58. The maximum absolute atomic E-state index is 13.0. The van der Waals surface area contributed by atoms with Gasteiger partial charge in [0.15, 0.2) is 17.2 Å². The van der Waals surface area contributed by atoms with Crippen LogP contribution in [0.1, 0.15) is 5.56 Å². The van der Waals surface area contributed by atoms with Gasteiger partial charge in [0.25, 0.3) is 0 Å². The van der Waals surface area contributed by atoms with E-state index in [-0.39, 0.29) is 21.4 Å². The normalized spacial score (nSPS) is 11.2. The molecule has 0 spiro atoms. The molecule has 0 aliphatic carbocycles. The molecule has 124 valence electrons. The van der Waals surface area contributed by atoms with Crippen LogP contribution in [0.25, 0.3) is 0 Å². The van der Waals surface area contributed by atoms with E-state index in [2.05, 4.69) is 0 Å². The Morgan fingerprint density at radius 2 is 1.61 bits per heavy atom. The van der Waals surface area contributed by atoms with Crippen LogP contribution in [0.5, 0.6) is 17.2 Å². The van der Waals surface area contributed by atoms with Crippen LogP contribution in [-0.4, -0.2) is 22.6 Å². The number of methoxy groups -OCH3 is 2. The number of halogens is 2. The van der Waals surface area contributed by atoms with E-state index in [9.17, 15) is 12.8 Å². The molecule has 0 bridgehead atoms. The summed E-state index contributed by atoms with van der Waals surface area (Å²) in [6.07, 6.45) is 0. The summed E-state index contributed by atoms with van der Waals surface area (Å²) in [6.45, 7) is 1.59. The van der Waals surface area contributed by atoms with Gasteiger partial charge in [-0.15, -0.1) is 0 Å². The minimum Gasteiger partial charge on any atom is -0.493 e. The van der Waals surface area contributed by atoms with Crippen molar-refractivity contribution in [1.29, 1.82) is 0 Å². The molecule has 0 aliphatic rings. The lowest BCUT2D eigenvalue weighted by Gasteiger charge is -2.14. The average Bonchev–Trinajstić information content (AvgIpc) is 2.49. The predicted octanol–water partition coefficient (Wildman–Crippen LogP) is 3.57. The molecule has 0 fully saturated rings. The maximum atomic E-state index is 13.0. The van der Waals surface area contributed by atoms with E-state index in [4.69, 9.17) is 25.3 Å². The molecule has 0 aliphatic heterocycles. The summed E-state index contributed by atoms with van der Waals surface area (Å²) in [7, 11) is -1.34. The first kappa shape index (κ1) is 17.4. The van der Waals surface area contributed by atoms with Crippen LogP contribution in [0.3, 0.4) is 0 Å². The average molecular weight is 361 g/mol. The van der Waals surface area contributed by atoms with E-state index in [1.54, 1.807) is 6.92 Å². The largest absolute Gasteiger partial charge is 0.493 e. The van der Waals surface area contributed by atoms with Crippen LogP contribution >= 0.6 is 11.6 Å². The van der Waals surface area contributed by atoms with Gasteiger partial charge in [0.1, 0.15) is 10.7 Å². The molecule has 0 unspecified atom stereocenters. The number of hydrogen-bond acceptors (Lipinski definition) is 5. The fourth-order valence-electron chi connectivity index (χ4n) is 1.94. The van der Waals surface area contributed by atoms with Gasteiger partial charge in [-0.3, -0.25) is 0 Å². The molecule has 5 nitrogen and oxygen atoms in total. The molecule has 2 aromatic rings. The Balaban J connectivity index is 2.47. The van der Waals surface area contributed by atoms with Gasteiger partial charge in [0.2, 0.25) is 0 Å². The molecule has 0 radical (unpaired) electrons. The smallest absolute Gasteiger partial charge is 0.339 e. The van der Waals surface area contributed by atoms with Crippen molar-refractivity contribution in [2.75, 3.05) is 14.2 Å². The summed E-state index contributed by atoms with van der Waals surface area (Å²) in [6, 6.07) is 5.97. The molecule has 0 aromatic heterocycles. The minimum atomic E-state index is -4.18. The predicted molar refractivity (Wildman–Crippen MR) is 83.5 cm³/mol. The van der Waals surface area contributed by atoms with Crippen LogP contribution in [0.15, 0.2) is 35.2 Å². The van der Waals surface area contributed by atoms with Crippen molar-refractivity contribution >= 4 is 21.7 Å². The van der Waals surface area contributed by atoms with Crippen LogP contribution in [-0.2, 0) is 10.1 Å². The van der Waals surface area contributed by atoms with E-state index in [1.807, 2.05) is 0 Å². The zero-order valence-electron chi connectivity index (χ0n) is 12.6. The molecular formula is C15H14ClFO5S. The highest BCUT2D eigenvalue weighted by Crippen LogP contribution is 2.34. The minimum absolute atomic E-state index is 0.101. The Morgan fingerprint density at radius 1 is 1.00 bits per heavy atom. The van der Waals surface area contributed by atoms with Gasteiger partial charge in [-0.2, -0.15) is 8.42 Å². The van der Waals surface area contributed by atoms with Gasteiger partial charge in [0, 0.05) is 6.07 Å². The summed E-state index contributed by atoms with van der Waals surface area (Å²) >= 11 is 5.79. The molecule has 23 heavy (non-hydrogen) atoms. The van der Waals surface area contributed by atoms with E-state index in [0.717, 1.165) is 18.2 Å². The van der Waals surface area contributed by atoms with Crippen LogP contribution in [0.2, 0.25) is 5.02 Å². The molecular weight excluding hydrogens is 347 g/mol. The van der Waals surface area contributed by atoms with Crippen molar-refractivity contribution in [1.82, 2.24) is 0 Å². The van der Waals surface area contributed by atoms with Gasteiger partial charge < -0.3 is 13.7 Å². The van der Waals surface area contributed by atoms with Crippen LogP contribution < -0.4 is 13.7 Å². The van der Waals surface area contributed by atoms with E-state index >= 15 is 0 Å². The second kappa shape index (κ2) is 6.64. The number of rotatable bonds is 5. The summed E-state index contributed by atoms with van der Waals surface area (Å²) in [5.41, 5.74) is 0.404. The first-order chi connectivity index (χ1) is 10.8. The highest BCUT2D eigenvalue weighted by atomic mass is 35.5. The second-order valence-corrected chi connectivity index (χ2v) is 6.51. The molecule has 0 saturated heterocycles. The third-order valence-corrected chi connectivity index (χ3v) is 4.72. The van der Waals surface area contributed by atoms with Crippen molar-refractivity contribution in [3.63, 3.8) is 0 Å². The Morgan fingerprint density at radius 3 is 2.17 bits per heavy atom. The van der Waals surface area contributed by atoms with Gasteiger partial charge in [-0.05, 0) is 36.8 Å². The molecule has 0 saturated carbocycles. The van der Waals surface area contributed by atoms with Gasteiger partial charge in [-0.25, -0.2) is 4.39 Å². The van der Waals surface area contributed by atoms with Crippen molar-refractivity contribution in [3.05, 3.63) is 46.7 Å². The van der Waals surface area contributed by atoms with E-state index < -0.39 is 15.9 Å².